The summed E-state index contributed by atoms with van der Waals surface area (Å²) in [6, 6.07) is 7.07. The van der Waals surface area contributed by atoms with E-state index in [1.165, 1.54) is 0 Å². The molecule has 6 nitrogen and oxygen atoms in total. The predicted molar refractivity (Wildman–Crippen MR) is 80.1 cm³/mol. The molecule has 2 N–H and O–H groups in total. The first-order valence-electron chi connectivity index (χ1n) is 6.38. The van der Waals surface area contributed by atoms with Crippen molar-refractivity contribution in [1.29, 1.82) is 0 Å². The molecule has 3 rings (SSSR count). The number of nitrogens with zero attached hydrogens (tertiary/aromatic N) is 2. The van der Waals surface area contributed by atoms with Crippen molar-refractivity contribution in [2.45, 2.75) is 11.7 Å². The highest BCUT2D eigenvalue weighted by Crippen LogP contribution is 2.35. The van der Waals surface area contributed by atoms with E-state index in [-0.39, 0.29) is 11.6 Å². The first-order chi connectivity index (χ1) is 10.1. The minimum atomic E-state index is -3.75. The number of sulfonamides is 1. The SMILES string of the molecule is O=S(=O)(N=Nc1c(O)[nH]c2ccccc12)C1C=CC=CC1. The number of aromatic amines is 1. The maximum atomic E-state index is 12.1. The lowest BCUT2D eigenvalue weighted by Crippen LogP contribution is -2.16. The Kier molecular flexibility index (Phi) is 3.34. The van der Waals surface area contributed by atoms with E-state index >= 15 is 0 Å². The van der Waals surface area contributed by atoms with Gasteiger partial charge in [-0.1, -0.05) is 47.0 Å². The van der Waals surface area contributed by atoms with E-state index in [0.717, 1.165) is 0 Å². The Labute approximate surface area is 121 Å². The molecule has 0 aliphatic heterocycles. The fourth-order valence-corrected chi connectivity index (χ4v) is 3.11. The van der Waals surface area contributed by atoms with Crippen LogP contribution in [0.2, 0.25) is 0 Å². The molecule has 0 saturated carbocycles. The van der Waals surface area contributed by atoms with Crippen molar-refractivity contribution in [2.24, 2.45) is 9.63 Å². The minimum Gasteiger partial charge on any atom is -0.493 e. The number of aromatic nitrogens is 1. The van der Waals surface area contributed by atoms with Gasteiger partial charge in [0.1, 0.15) is 5.25 Å². The largest absolute Gasteiger partial charge is 0.493 e. The summed E-state index contributed by atoms with van der Waals surface area (Å²) in [7, 11) is -3.75. The standard InChI is InChI=1S/C14H13N3O3S/c18-14-13(11-8-4-5-9-12(11)15-14)16-17-21(19,20)10-6-2-1-3-7-10/h1-6,8-10,15,18H,7H2. The molecule has 1 aromatic heterocycles. The monoisotopic (exact) mass is 303 g/mol. The Morgan fingerprint density at radius 3 is 2.81 bits per heavy atom. The molecular formula is C14H13N3O3S. The topological polar surface area (TPSA) is 94.9 Å². The van der Waals surface area contributed by atoms with Crippen LogP contribution >= 0.6 is 0 Å². The van der Waals surface area contributed by atoms with Crippen LogP contribution in [0, 0.1) is 0 Å². The van der Waals surface area contributed by atoms with Crippen molar-refractivity contribution in [2.75, 3.05) is 0 Å². The van der Waals surface area contributed by atoms with Crippen molar-refractivity contribution >= 4 is 26.6 Å². The lowest BCUT2D eigenvalue weighted by Gasteiger charge is -2.08. The second kappa shape index (κ2) is 5.17. The van der Waals surface area contributed by atoms with Gasteiger partial charge in [0.2, 0.25) is 5.88 Å². The van der Waals surface area contributed by atoms with Gasteiger partial charge < -0.3 is 10.1 Å². The maximum Gasteiger partial charge on any atom is 0.277 e. The van der Waals surface area contributed by atoms with Crippen molar-refractivity contribution in [3.8, 4) is 5.88 Å². The fraction of sp³-hybridized carbons (Fsp3) is 0.143. The van der Waals surface area contributed by atoms with Crippen LogP contribution in [0.4, 0.5) is 5.69 Å². The Bertz CT molecular complexity index is 863. The Balaban J connectivity index is 1.96. The van der Waals surface area contributed by atoms with Crippen LogP contribution < -0.4 is 0 Å². The molecule has 1 heterocycles. The van der Waals surface area contributed by atoms with Gasteiger partial charge in [0.25, 0.3) is 10.0 Å². The van der Waals surface area contributed by atoms with Crippen LogP contribution in [0.5, 0.6) is 5.88 Å². The number of nitrogens with one attached hydrogen (secondary N) is 1. The van der Waals surface area contributed by atoms with Crippen molar-refractivity contribution < 1.29 is 13.5 Å². The molecule has 0 bridgehead atoms. The number of fused-ring (bicyclic) bond motifs is 1. The highest BCUT2D eigenvalue weighted by atomic mass is 32.2. The molecule has 1 atom stereocenters. The summed E-state index contributed by atoms with van der Waals surface area (Å²) in [4.78, 5) is 2.72. The summed E-state index contributed by atoms with van der Waals surface area (Å²) in [6.07, 6.45) is 7.17. The lowest BCUT2D eigenvalue weighted by atomic mass is 10.2. The van der Waals surface area contributed by atoms with Crippen LogP contribution in [-0.4, -0.2) is 23.8 Å². The van der Waals surface area contributed by atoms with Gasteiger partial charge in [-0.05, 0) is 12.5 Å². The van der Waals surface area contributed by atoms with Gasteiger partial charge in [0.15, 0.2) is 5.69 Å². The third-order valence-corrected chi connectivity index (χ3v) is 4.66. The van der Waals surface area contributed by atoms with Gasteiger partial charge in [-0.3, -0.25) is 0 Å². The molecule has 21 heavy (non-hydrogen) atoms. The molecule has 1 aliphatic rings. The Morgan fingerprint density at radius 2 is 2.05 bits per heavy atom. The summed E-state index contributed by atoms with van der Waals surface area (Å²) in [5, 5.41) is 13.5. The number of H-pyrrole nitrogens is 1. The van der Waals surface area contributed by atoms with E-state index in [4.69, 9.17) is 0 Å². The normalized spacial score (nSPS) is 18.8. The van der Waals surface area contributed by atoms with Gasteiger partial charge in [0.05, 0.1) is 5.52 Å². The molecule has 2 aromatic rings. The molecule has 0 fully saturated rings. The second-order valence-electron chi connectivity index (χ2n) is 4.65. The van der Waals surface area contributed by atoms with Gasteiger partial charge in [0, 0.05) is 5.39 Å². The summed E-state index contributed by atoms with van der Waals surface area (Å²) in [6.45, 7) is 0. The zero-order valence-electron chi connectivity index (χ0n) is 11.0. The average Bonchev–Trinajstić information content (AvgIpc) is 2.81. The number of aromatic hydroxyl groups is 1. The molecule has 0 amide bonds. The van der Waals surface area contributed by atoms with Crippen LogP contribution in [0.15, 0.2) is 58.2 Å². The van der Waals surface area contributed by atoms with Gasteiger partial charge in [-0.15, -0.1) is 5.11 Å². The first kappa shape index (κ1) is 13.6. The third kappa shape index (κ3) is 2.59. The highest BCUT2D eigenvalue weighted by Gasteiger charge is 2.23. The summed E-state index contributed by atoms with van der Waals surface area (Å²) in [5.74, 6) is -0.200. The van der Waals surface area contributed by atoms with Gasteiger partial charge in [-0.25, -0.2) is 8.42 Å². The minimum absolute atomic E-state index is 0.129. The quantitative estimate of drug-likeness (QED) is 0.852. The van der Waals surface area contributed by atoms with Crippen LogP contribution in [0.3, 0.4) is 0 Å². The zero-order chi connectivity index (χ0) is 14.9. The van der Waals surface area contributed by atoms with E-state index in [0.29, 0.717) is 17.3 Å². The highest BCUT2D eigenvalue weighted by molar-refractivity contribution is 7.90. The molecule has 7 heteroatoms. The van der Waals surface area contributed by atoms with E-state index in [1.54, 1.807) is 48.6 Å². The average molecular weight is 303 g/mol. The number of hydrogen-bond donors (Lipinski definition) is 2. The Hall–Kier alpha value is -2.41. The molecule has 1 aliphatic carbocycles. The lowest BCUT2D eigenvalue weighted by molar-refractivity contribution is 0.459. The van der Waals surface area contributed by atoms with Crippen molar-refractivity contribution in [3.05, 3.63) is 48.6 Å². The smallest absolute Gasteiger partial charge is 0.277 e. The molecule has 0 spiro atoms. The van der Waals surface area contributed by atoms with E-state index in [2.05, 4.69) is 14.6 Å². The number of allylic oxidation sites excluding steroid dienone is 3. The van der Waals surface area contributed by atoms with Crippen LogP contribution in [0.25, 0.3) is 10.9 Å². The number of benzene rings is 1. The fourth-order valence-electron chi connectivity index (χ4n) is 2.15. The maximum absolute atomic E-state index is 12.1. The van der Waals surface area contributed by atoms with Gasteiger partial charge in [-0.2, -0.15) is 0 Å². The number of rotatable bonds is 3. The van der Waals surface area contributed by atoms with E-state index in [9.17, 15) is 13.5 Å². The molecular weight excluding hydrogens is 290 g/mol. The van der Waals surface area contributed by atoms with Crippen molar-refractivity contribution in [1.82, 2.24) is 4.98 Å². The van der Waals surface area contributed by atoms with E-state index < -0.39 is 15.3 Å². The molecule has 0 radical (unpaired) electrons. The Morgan fingerprint density at radius 1 is 1.24 bits per heavy atom. The number of hydrogen-bond acceptors (Lipinski definition) is 4. The molecule has 0 saturated heterocycles. The third-order valence-electron chi connectivity index (χ3n) is 3.24. The van der Waals surface area contributed by atoms with Crippen molar-refractivity contribution in [3.63, 3.8) is 0 Å². The summed E-state index contributed by atoms with van der Waals surface area (Å²) < 4.78 is 27.6. The molecule has 1 aromatic carbocycles. The number of para-hydroxylation sites is 1. The zero-order valence-corrected chi connectivity index (χ0v) is 11.8. The van der Waals surface area contributed by atoms with Crippen LogP contribution in [0.1, 0.15) is 6.42 Å². The molecule has 1 unspecified atom stereocenters. The van der Waals surface area contributed by atoms with Gasteiger partial charge >= 0.3 is 0 Å². The second-order valence-corrected chi connectivity index (χ2v) is 6.45. The predicted octanol–water partition coefficient (Wildman–Crippen LogP) is 3.17. The summed E-state index contributed by atoms with van der Waals surface area (Å²) >= 11 is 0. The van der Waals surface area contributed by atoms with Crippen LogP contribution in [-0.2, 0) is 10.0 Å². The van der Waals surface area contributed by atoms with E-state index in [1.807, 2.05) is 0 Å². The molecule has 108 valence electrons. The summed E-state index contributed by atoms with van der Waals surface area (Å²) in [5.41, 5.74) is 0.798. The first-order valence-corrected chi connectivity index (χ1v) is 7.88.